The van der Waals surface area contributed by atoms with Crippen molar-refractivity contribution in [1.29, 1.82) is 0 Å². The molecular weight excluding hydrogens is 1090 g/mol. The molecule has 1 aromatic carbocycles. The summed E-state index contributed by atoms with van der Waals surface area (Å²) in [4.78, 5) is 155. The number of rotatable bonds is 30. The van der Waals surface area contributed by atoms with E-state index in [0.717, 1.165) is 18.4 Å². The molecule has 0 spiro atoms. The Morgan fingerprint density at radius 2 is 1.26 bits per heavy atom. The first-order valence-electron chi connectivity index (χ1n) is 29.6. The summed E-state index contributed by atoms with van der Waals surface area (Å²) < 4.78 is 0. The fraction of sp³-hybridized carbons (Fsp3) is 0.649. The quantitative estimate of drug-likeness (QED) is 0.0246. The Labute approximate surface area is 489 Å². The lowest BCUT2D eigenvalue weighted by Crippen LogP contribution is -2.64. The molecule has 0 unspecified atom stereocenters. The highest BCUT2D eigenvalue weighted by Crippen LogP contribution is 2.35. The van der Waals surface area contributed by atoms with E-state index < -0.39 is 120 Å². The van der Waals surface area contributed by atoms with Crippen molar-refractivity contribution in [1.82, 2.24) is 56.6 Å². The Morgan fingerprint density at radius 3 is 1.86 bits per heavy atom. The number of H-pyrrole nitrogens is 1. The van der Waals surface area contributed by atoms with E-state index >= 15 is 0 Å². The molecule has 2 aromatic rings. The number of carboxylic acids is 1. The van der Waals surface area contributed by atoms with Crippen molar-refractivity contribution < 1.29 is 58.2 Å². The van der Waals surface area contributed by atoms with Crippen LogP contribution in [0.1, 0.15) is 135 Å². The summed E-state index contributed by atoms with van der Waals surface area (Å²) in [6.07, 6.45) is 8.71. The van der Waals surface area contributed by atoms with Crippen LogP contribution in [0.5, 0.6) is 0 Å². The van der Waals surface area contributed by atoms with Crippen molar-refractivity contribution in [2.45, 2.75) is 196 Å². The predicted molar refractivity (Wildman–Crippen MR) is 307 cm³/mol. The van der Waals surface area contributed by atoms with Gasteiger partial charge in [-0.2, -0.15) is 0 Å². The third-order valence-corrected chi connectivity index (χ3v) is 16.1. The monoisotopic (exact) mass is 1170 g/mol. The maximum absolute atomic E-state index is 15.0. The molecular formula is C57H87N15O12. The smallest absolute Gasteiger partial charge is 0.326 e. The van der Waals surface area contributed by atoms with Gasteiger partial charge in [0.2, 0.25) is 53.2 Å². The van der Waals surface area contributed by atoms with E-state index in [9.17, 15) is 58.2 Å². The predicted octanol–water partition coefficient (Wildman–Crippen LogP) is -1.29. The van der Waals surface area contributed by atoms with Crippen LogP contribution in [0, 0.1) is 5.92 Å². The minimum atomic E-state index is -1.70. The maximum atomic E-state index is 15.0. The first-order chi connectivity index (χ1) is 40.2. The van der Waals surface area contributed by atoms with Crippen LogP contribution in [0.2, 0.25) is 0 Å². The average molecular weight is 1170 g/mol. The number of nitrogens with one attached hydrogen (secondary N) is 7. The molecule has 9 atom stereocenters. The molecule has 1 saturated carbocycles. The molecule has 0 radical (unpaired) electrons. The minimum Gasteiger partial charge on any atom is -0.480 e. The molecule has 4 heterocycles. The zero-order valence-electron chi connectivity index (χ0n) is 48.5. The summed E-state index contributed by atoms with van der Waals surface area (Å²) >= 11 is 0. The number of aliphatic imine (C=N–C) groups is 1. The lowest BCUT2D eigenvalue weighted by Gasteiger charge is -2.37. The molecule has 3 saturated heterocycles. The number of aliphatic hydroxyl groups excluding tert-OH is 1. The lowest BCUT2D eigenvalue weighted by atomic mass is 9.93. The van der Waals surface area contributed by atoms with Crippen LogP contribution in [0.3, 0.4) is 0 Å². The number of carboxylic acid groups (broad SMARTS) is 1. The molecule has 462 valence electrons. The number of carbonyl (C=O) groups excluding carboxylic acids is 9. The van der Waals surface area contributed by atoms with Gasteiger partial charge in [0.25, 0.3) is 0 Å². The molecule has 4 aliphatic rings. The minimum absolute atomic E-state index is 0.0385. The summed E-state index contributed by atoms with van der Waals surface area (Å²) in [6, 6.07) is -1.60. The Bertz CT molecular complexity index is 2630. The fourth-order valence-corrected chi connectivity index (χ4v) is 11.7. The van der Waals surface area contributed by atoms with Crippen LogP contribution >= 0.6 is 0 Å². The number of likely N-dealkylation sites (tertiary alicyclic amines) is 3. The molecule has 3 aliphatic heterocycles. The number of aromatic nitrogens is 2. The molecule has 6 rings (SSSR count). The number of aliphatic hydroxyl groups is 1. The van der Waals surface area contributed by atoms with Gasteiger partial charge in [0.15, 0.2) is 5.96 Å². The number of guanidine groups is 1. The normalized spacial score (nSPS) is 20.4. The van der Waals surface area contributed by atoms with Gasteiger partial charge in [-0.15, -0.1) is 0 Å². The van der Waals surface area contributed by atoms with Gasteiger partial charge in [0.05, 0.1) is 19.0 Å². The molecule has 0 bridgehead atoms. The number of aliphatic carboxylic acids is 1. The van der Waals surface area contributed by atoms with Gasteiger partial charge in [-0.05, 0) is 88.5 Å². The molecule has 1 aliphatic carbocycles. The van der Waals surface area contributed by atoms with E-state index in [1.807, 2.05) is 20.8 Å². The first-order valence-corrected chi connectivity index (χ1v) is 29.6. The van der Waals surface area contributed by atoms with Crippen molar-refractivity contribution >= 4 is 65.1 Å². The molecule has 1 aromatic heterocycles. The highest BCUT2D eigenvalue weighted by molar-refractivity contribution is 6.00. The second kappa shape index (κ2) is 31.3. The van der Waals surface area contributed by atoms with Crippen molar-refractivity contribution in [2.24, 2.45) is 28.1 Å². The average Bonchev–Trinajstić information content (AvgIpc) is 2.92. The standard InChI is InChI=1S/C57H87N15O12/c1-4-5-17-37(58)52(80)70-25-12-19-43(70)50(78)66-39(28-34(2)3)46(74)65-40(30-36-31-61-33-63-36)47(75)68-42(32-73)48(76)64-38(18-11-24-62-56(59)60)49(77)69-57(22-9-10-23-57)55(84)72-27-13-20-44(72)51(79)67-41(29-35-15-7-6-8-16-35)53(81)71-26-14-21-45(71)54(82)83/h6-8,15-16,31,33-34,37-45,73H,4-5,9-14,17-30,32,58H2,1-3H3,(H,61,63)(H,64,76)(H,65,74)(H,66,78)(H,67,79)(H,68,75)(H,69,77)(H,82,83)(H4,59,60,62)/t37-,38-,39-,40-,41-,42-,43-,44-,45-/m0/s1. The highest BCUT2D eigenvalue weighted by atomic mass is 16.4. The van der Waals surface area contributed by atoms with Crippen LogP contribution in [-0.4, -0.2) is 193 Å². The summed E-state index contributed by atoms with van der Waals surface area (Å²) in [5.41, 5.74) is 17.0. The lowest BCUT2D eigenvalue weighted by molar-refractivity contribution is -0.150. The van der Waals surface area contributed by atoms with Gasteiger partial charge in [-0.1, -0.05) is 76.8 Å². The summed E-state index contributed by atoms with van der Waals surface area (Å²) in [7, 11) is 0. The largest absolute Gasteiger partial charge is 0.480 e. The Hall–Kier alpha value is -7.68. The van der Waals surface area contributed by atoms with Crippen LogP contribution in [0.15, 0.2) is 47.8 Å². The van der Waals surface area contributed by atoms with E-state index in [4.69, 9.17) is 17.2 Å². The number of benzene rings is 1. The molecule has 15 N–H and O–H groups in total. The number of nitrogens with zero attached hydrogens (tertiary/aromatic N) is 5. The Morgan fingerprint density at radius 1 is 0.690 bits per heavy atom. The third kappa shape index (κ3) is 17.7. The topological polar surface area (TPSA) is 412 Å². The highest BCUT2D eigenvalue weighted by Gasteiger charge is 2.50. The number of carbonyl (C=O) groups is 10. The fourth-order valence-electron chi connectivity index (χ4n) is 11.7. The van der Waals surface area contributed by atoms with Crippen molar-refractivity contribution in [3.05, 3.63) is 54.1 Å². The summed E-state index contributed by atoms with van der Waals surface area (Å²) in [5, 5.41) is 37.0. The molecule has 4 fully saturated rings. The van der Waals surface area contributed by atoms with Gasteiger partial charge >= 0.3 is 5.97 Å². The Kier molecular flexibility index (Phi) is 24.4. The van der Waals surface area contributed by atoms with E-state index in [0.29, 0.717) is 57.2 Å². The Balaban J connectivity index is 1.16. The van der Waals surface area contributed by atoms with Crippen LogP contribution in [0.4, 0.5) is 0 Å². The number of nitrogens with two attached hydrogens (primary N) is 3. The second-order valence-electron chi connectivity index (χ2n) is 22.9. The van der Waals surface area contributed by atoms with Crippen LogP contribution < -0.4 is 49.1 Å². The summed E-state index contributed by atoms with van der Waals surface area (Å²) in [5.74, 6) is -7.51. The molecule has 27 nitrogen and oxygen atoms in total. The van der Waals surface area contributed by atoms with Crippen molar-refractivity contribution in [2.75, 3.05) is 32.8 Å². The second-order valence-corrected chi connectivity index (χ2v) is 22.9. The third-order valence-electron chi connectivity index (χ3n) is 16.1. The molecule has 27 heteroatoms. The van der Waals surface area contributed by atoms with Gasteiger partial charge < -0.3 is 79.0 Å². The number of amides is 9. The van der Waals surface area contributed by atoms with E-state index in [-0.39, 0.29) is 95.2 Å². The number of aromatic amines is 1. The molecule has 84 heavy (non-hydrogen) atoms. The van der Waals surface area contributed by atoms with E-state index in [2.05, 4.69) is 46.9 Å². The van der Waals surface area contributed by atoms with Crippen LogP contribution in [0.25, 0.3) is 0 Å². The SMILES string of the molecule is CCCC[C@H](N)C(=O)N1CCC[C@H]1C(=O)N[C@@H](CC(C)C)C(=O)N[C@@H](Cc1cnc[nH]1)C(=O)N[C@@H](CO)C(=O)N[C@@H](CCCN=C(N)N)C(=O)NC1(C(=O)N2CCC[C@H]2C(=O)N[C@@H](Cc2ccccc2)C(=O)N2CCC[C@H]2C(=O)O)CCCC1. The van der Waals surface area contributed by atoms with E-state index in [1.54, 1.807) is 30.3 Å². The van der Waals surface area contributed by atoms with Gasteiger partial charge in [0.1, 0.15) is 53.9 Å². The van der Waals surface area contributed by atoms with Crippen molar-refractivity contribution in [3.8, 4) is 0 Å². The van der Waals surface area contributed by atoms with Gasteiger partial charge in [-0.3, -0.25) is 48.1 Å². The van der Waals surface area contributed by atoms with Gasteiger partial charge in [-0.25, -0.2) is 9.78 Å². The van der Waals surface area contributed by atoms with E-state index in [1.165, 1.54) is 27.2 Å². The number of hydrogen-bond donors (Lipinski definition) is 12. The first kappa shape index (κ1) is 65.5. The van der Waals surface area contributed by atoms with Crippen molar-refractivity contribution in [3.63, 3.8) is 0 Å². The number of imidazole rings is 1. The zero-order chi connectivity index (χ0) is 61.1. The molecule has 9 amide bonds. The number of unbranched alkanes of at least 4 members (excludes halogenated alkanes) is 1. The van der Waals surface area contributed by atoms with Crippen LogP contribution in [-0.2, 0) is 60.8 Å². The summed E-state index contributed by atoms with van der Waals surface area (Å²) in [6.45, 7) is 5.44. The van der Waals surface area contributed by atoms with Gasteiger partial charge in [0, 0.05) is 50.9 Å². The number of hydrogen-bond acceptors (Lipinski definition) is 14. The maximum Gasteiger partial charge on any atom is 0.326 e. The zero-order valence-corrected chi connectivity index (χ0v) is 48.5.